The van der Waals surface area contributed by atoms with Crippen molar-refractivity contribution in [1.82, 2.24) is 0 Å². The molecule has 0 spiro atoms. The lowest BCUT2D eigenvalue weighted by Gasteiger charge is -2.08. The molecule has 0 fully saturated rings. The summed E-state index contributed by atoms with van der Waals surface area (Å²) in [6.45, 7) is 1.72. The number of benzene rings is 1. The number of ether oxygens (including phenoxy) is 1. The van der Waals surface area contributed by atoms with Gasteiger partial charge in [0.1, 0.15) is 13.2 Å². The fourth-order valence-corrected chi connectivity index (χ4v) is 1.32. The highest BCUT2D eigenvalue weighted by atomic mass is 16.5. The van der Waals surface area contributed by atoms with E-state index in [1.807, 2.05) is 19.1 Å². The van der Waals surface area contributed by atoms with Crippen LogP contribution in [0.15, 0.2) is 18.2 Å². The molecule has 4 heteroatoms. The zero-order valence-electron chi connectivity index (χ0n) is 9.91. The Morgan fingerprint density at radius 3 is 2.94 bits per heavy atom. The molecule has 0 saturated carbocycles. The van der Waals surface area contributed by atoms with E-state index in [4.69, 9.17) is 9.84 Å². The smallest absolute Gasteiger partial charge is 0.250 e. The Labute approximate surface area is 101 Å². The first-order valence-corrected chi connectivity index (χ1v) is 5.16. The minimum atomic E-state index is -0.231. The van der Waals surface area contributed by atoms with Crippen LogP contribution >= 0.6 is 0 Å². The average molecular weight is 233 g/mol. The van der Waals surface area contributed by atoms with E-state index >= 15 is 0 Å². The molecule has 0 heterocycles. The van der Waals surface area contributed by atoms with Gasteiger partial charge in [0.25, 0.3) is 0 Å². The monoisotopic (exact) mass is 233 g/mol. The lowest BCUT2D eigenvalue weighted by atomic mass is 10.1. The summed E-state index contributed by atoms with van der Waals surface area (Å²) in [5.41, 5.74) is 2.33. The van der Waals surface area contributed by atoms with E-state index in [2.05, 4.69) is 17.2 Å². The van der Waals surface area contributed by atoms with Gasteiger partial charge in [-0.05, 0) is 24.6 Å². The molecule has 0 bridgehead atoms. The van der Waals surface area contributed by atoms with E-state index in [-0.39, 0.29) is 19.1 Å². The summed E-state index contributed by atoms with van der Waals surface area (Å²) in [6.07, 6.45) is 0. The summed E-state index contributed by atoms with van der Waals surface area (Å²) in [4.78, 5) is 11.4. The molecule has 0 atom stereocenters. The molecule has 1 amide bonds. The Bertz CT molecular complexity index is 457. The number of carbonyl (C=O) groups excluding carboxylic acids is 1. The van der Waals surface area contributed by atoms with Crippen LogP contribution in [0.25, 0.3) is 0 Å². The summed E-state index contributed by atoms with van der Waals surface area (Å²) in [6, 6.07) is 5.53. The van der Waals surface area contributed by atoms with Crippen molar-refractivity contribution in [2.45, 2.75) is 6.92 Å². The Balaban J connectivity index is 2.94. The van der Waals surface area contributed by atoms with Crippen LogP contribution in [0.4, 0.5) is 5.69 Å². The molecular weight excluding hydrogens is 218 g/mol. The first kappa shape index (κ1) is 13.2. The maximum Gasteiger partial charge on any atom is 0.250 e. The lowest BCUT2D eigenvalue weighted by molar-refractivity contribution is -0.119. The number of methoxy groups -OCH3 is 1. The minimum Gasteiger partial charge on any atom is -0.384 e. The van der Waals surface area contributed by atoms with Crippen molar-refractivity contribution in [3.63, 3.8) is 0 Å². The summed E-state index contributed by atoms with van der Waals surface area (Å²) < 4.78 is 4.74. The van der Waals surface area contributed by atoms with Gasteiger partial charge in [-0.3, -0.25) is 4.79 Å². The number of hydrogen-bond donors (Lipinski definition) is 2. The van der Waals surface area contributed by atoms with Crippen molar-refractivity contribution in [3.8, 4) is 11.8 Å². The van der Waals surface area contributed by atoms with Crippen molar-refractivity contribution in [2.75, 3.05) is 25.6 Å². The number of aliphatic hydroxyl groups excluding tert-OH is 1. The van der Waals surface area contributed by atoms with Crippen molar-refractivity contribution in [1.29, 1.82) is 0 Å². The molecule has 17 heavy (non-hydrogen) atoms. The Hall–Kier alpha value is -1.83. The molecule has 1 aromatic rings. The Morgan fingerprint density at radius 2 is 2.29 bits per heavy atom. The third kappa shape index (κ3) is 4.27. The SMILES string of the molecule is COCC(=O)Nc1cc(C)ccc1C#CCO. The number of carbonyl (C=O) groups is 1. The highest BCUT2D eigenvalue weighted by Gasteiger charge is 2.05. The van der Waals surface area contributed by atoms with Crippen LogP contribution in [-0.4, -0.2) is 31.3 Å². The second-order valence-electron chi connectivity index (χ2n) is 3.49. The largest absolute Gasteiger partial charge is 0.384 e. The second-order valence-corrected chi connectivity index (χ2v) is 3.49. The van der Waals surface area contributed by atoms with Gasteiger partial charge in [0.2, 0.25) is 5.91 Å². The summed E-state index contributed by atoms with van der Waals surface area (Å²) in [5.74, 6) is 5.10. The molecule has 0 unspecified atom stereocenters. The predicted molar refractivity (Wildman–Crippen MR) is 65.6 cm³/mol. The van der Waals surface area contributed by atoms with Gasteiger partial charge in [-0.2, -0.15) is 0 Å². The van der Waals surface area contributed by atoms with Crippen molar-refractivity contribution < 1.29 is 14.6 Å². The maximum absolute atomic E-state index is 11.4. The Morgan fingerprint density at radius 1 is 1.53 bits per heavy atom. The van der Waals surface area contributed by atoms with E-state index in [0.717, 1.165) is 5.56 Å². The summed E-state index contributed by atoms with van der Waals surface area (Å²) >= 11 is 0. The normalized spacial score (nSPS) is 9.35. The fraction of sp³-hybridized carbons (Fsp3) is 0.308. The lowest BCUT2D eigenvalue weighted by Crippen LogP contribution is -2.17. The van der Waals surface area contributed by atoms with Gasteiger partial charge < -0.3 is 15.2 Å². The average Bonchev–Trinajstić information content (AvgIpc) is 2.28. The number of rotatable bonds is 3. The molecular formula is C13H15NO3. The molecule has 0 aliphatic carbocycles. The van der Waals surface area contributed by atoms with Gasteiger partial charge in [0.15, 0.2) is 0 Å². The van der Waals surface area contributed by atoms with Crippen LogP contribution < -0.4 is 5.32 Å². The zero-order valence-corrected chi connectivity index (χ0v) is 9.91. The summed E-state index contributed by atoms with van der Waals surface area (Å²) in [5, 5.41) is 11.4. The van der Waals surface area contributed by atoms with Crippen molar-refractivity contribution >= 4 is 11.6 Å². The molecule has 90 valence electrons. The molecule has 0 aliphatic rings. The van der Waals surface area contributed by atoms with E-state index in [0.29, 0.717) is 11.3 Å². The zero-order chi connectivity index (χ0) is 12.7. The van der Waals surface area contributed by atoms with E-state index in [9.17, 15) is 4.79 Å². The van der Waals surface area contributed by atoms with Crippen LogP contribution in [0.5, 0.6) is 0 Å². The highest BCUT2D eigenvalue weighted by Crippen LogP contribution is 2.16. The molecule has 4 nitrogen and oxygen atoms in total. The molecule has 0 aliphatic heterocycles. The molecule has 0 radical (unpaired) electrons. The van der Waals surface area contributed by atoms with Gasteiger partial charge in [-0.25, -0.2) is 0 Å². The first-order chi connectivity index (χ1) is 8.17. The second kappa shape index (κ2) is 6.69. The number of anilines is 1. The van der Waals surface area contributed by atoms with Gasteiger partial charge in [0.05, 0.1) is 5.69 Å². The number of nitrogens with one attached hydrogen (secondary N) is 1. The predicted octanol–water partition coefficient (Wildman–Crippen LogP) is 0.924. The molecule has 2 N–H and O–H groups in total. The van der Waals surface area contributed by atoms with Crippen LogP contribution in [0.2, 0.25) is 0 Å². The minimum absolute atomic E-state index is 0.000804. The molecule has 1 aromatic carbocycles. The van der Waals surface area contributed by atoms with Gasteiger partial charge >= 0.3 is 0 Å². The van der Waals surface area contributed by atoms with Crippen LogP contribution in [0.1, 0.15) is 11.1 Å². The van der Waals surface area contributed by atoms with Crippen LogP contribution in [0, 0.1) is 18.8 Å². The van der Waals surface area contributed by atoms with Gasteiger partial charge in [0, 0.05) is 12.7 Å². The van der Waals surface area contributed by atoms with E-state index < -0.39 is 0 Å². The first-order valence-electron chi connectivity index (χ1n) is 5.16. The third-order valence-corrected chi connectivity index (χ3v) is 2.03. The number of aliphatic hydroxyl groups is 1. The Kier molecular flexibility index (Phi) is 5.21. The van der Waals surface area contributed by atoms with Crippen molar-refractivity contribution in [3.05, 3.63) is 29.3 Å². The number of amides is 1. The molecule has 0 aromatic heterocycles. The fourth-order valence-electron chi connectivity index (χ4n) is 1.32. The van der Waals surface area contributed by atoms with Gasteiger partial charge in [-0.15, -0.1) is 0 Å². The third-order valence-electron chi connectivity index (χ3n) is 2.03. The quantitative estimate of drug-likeness (QED) is 0.763. The number of aryl methyl sites for hydroxylation is 1. The summed E-state index contributed by atoms with van der Waals surface area (Å²) in [7, 11) is 1.46. The molecule has 0 saturated heterocycles. The van der Waals surface area contributed by atoms with E-state index in [1.54, 1.807) is 6.07 Å². The molecule has 1 rings (SSSR count). The van der Waals surface area contributed by atoms with Crippen molar-refractivity contribution in [2.24, 2.45) is 0 Å². The standard InChI is InChI=1S/C13H15NO3/c1-10-5-6-11(4-3-7-15)12(8-10)14-13(16)9-17-2/h5-6,8,15H,7,9H2,1-2H3,(H,14,16). The van der Waals surface area contributed by atoms with Gasteiger partial charge in [-0.1, -0.05) is 17.9 Å². The number of hydrogen-bond acceptors (Lipinski definition) is 3. The van der Waals surface area contributed by atoms with Crippen LogP contribution in [-0.2, 0) is 9.53 Å². The maximum atomic E-state index is 11.4. The highest BCUT2D eigenvalue weighted by molar-refractivity contribution is 5.93. The van der Waals surface area contributed by atoms with Crippen LogP contribution in [0.3, 0.4) is 0 Å². The van der Waals surface area contributed by atoms with E-state index in [1.165, 1.54) is 7.11 Å². The topological polar surface area (TPSA) is 58.6 Å².